The first-order valence-corrected chi connectivity index (χ1v) is 29.7. The second-order valence-electron chi connectivity index (χ2n) is 17.1. The number of H-pyrrole nitrogens is 1. The molecule has 0 spiro atoms. The first-order chi connectivity index (χ1) is 31.5. The highest BCUT2D eigenvalue weighted by Crippen LogP contribution is 2.65. The van der Waals surface area contributed by atoms with Gasteiger partial charge in [0.1, 0.15) is 36.3 Å². The molecule has 0 aromatic carbocycles. The van der Waals surface area contributed by atoms with Crippen molar-refractivity contribution in [2.24, 2.45) is 11.8 Å². The van der Waals surface area contributed by atoms with Gasteiger partial charge in [-0.15, -0.1) is 0 Å². The van der Waals surface area contributed by atoms with Crippen LogP contribution in [-0.2, 0) is 45.3 Å². The highest BCUT2D eigenvalue weighted by molar-refractivity contribution is 7.48. The zero-order chi connectivity index (χ0) is 47.9. The molecule has 366 valence electrons. The average molecular weight is 1000 g/mol. The number of phosphoric acid groups is 1. The van der Waals surface area contributed by atoms with Crippen molar-refractivity contribution in [3.05, 3.63) is 35.3 Å². The topological polar surface area (TPSA) is 311 Å². The quantitative estimate of drug-likeness (QED) is 0.0375. The molecule has 0 bridgehead atoms. The predicted molar refractivity (Wildman–Crippen MR) is 240 cm³/mol. The molecular formula is C39H62N8O15P2Si2. The summed E-state index contributed by atoms with van der Waals surface area (Å²) in [5, 5.41) is 24.0. The molecule has 2 saturated carbocycles. The number of aromatic nitrogens is 6. The van der Waals surface area contributed by atoms with Crippen molar-refractivity contribution in [2.75, 3.05) is 18.5 Å². The van der Waals surface area contributed by atoms with Crippen LogP contribution < -0.4 is 15.6 Å². The van der Waals surface area contributed by atoms with E-state index in [1.54, 1.807) is 19.9 Å². The molecule has 10 atom stereocenters. The number of fused-ring (bicyclic) bond motifs is 2. The van der Waals surface area contributed by atoms with Gasteiger partial charge in [-0.3, -0.25) is 42.6 Å². The third kappa shape index (κ3) is 11.9. The van der Waals surface area contributed by atoms with Crippen LogP contribution in [0.2, 0.25) is 24.2 Å². The standard InChI is InChI=1S/C39H62N8O15P2Si2/c1-7-16-65(54,17-8-2)62-66(18-9-3,19-10-4)61-39-31(48)32(39)58-37(47-24-43-30-34(47)44-38(46-36(30)50)45-35(49)25(5)6)33(39)60-64(53,55-15-11-13-40)56-22-26-20-27(21-28(26)59-63(51)52)57-29-12-14-41-23-42-29/h12,14,23-28,31-33,37,48,54,63H,7-11,15-22H2,1-6H3,(H,51,52)(H2,44,45,46,49,50)/t26-,27-,28+,31?,32-,33+,37-,39-,64?/m1/s1. The Morgan fingerprint density at radius 2 is 1.85 bits per heavy atom. The number of rotatable bonds is 27. The maximum Gasteiger partial charge on any atom is 0.475 e. The number of aliphatic hydroxyl groups excluding tert-OH is 1. The third-order valence-electron chi connectivity index (χ3n) is 11.7. The molecule has 1 saturated heterocycles. The zero-order valence-electron chi connectivity index (χ0n) is 38.0. The lowest BCUT2D eigenvalue weighted by Gasteiger charge is -2.42. The molecule has 4 heterocycles. The molecule has 1 aliphatic heterocycles. The number of aliphatic hydroxyl groups is 1. The van der Waals surface area contributed by atoms with Crippen molar-refractivity contribution in [2.45, 2.75) is 153 Å². The van der Waals surface area contributed by atoms with E-state index < -0.39 is 112 Å². The fourth-order valence-electron chi connectivity index (χ4n) is 8.76. The Bertz CT molecular complexity index is 2280. The minimum Gasteiger partial charge on any atom is -0.474 e. The second kappa shape index (κ2) is 22.4. The lowest BCUT2D eigenvalue weighted by Crippen LogP contribution is -2.58. The van der Waals surface area contributed by atoms with E-state index in [1.165, 1.54) is 23.4 Å². The summed E-state index contributed by atoms with van der Waals surface area (Å²) >= 11 is 0. The summed E-state index contributed by atoms with van der Waals surface area (Å²) in [6.07, 6.45) is -0.358. The summed E-state index contributed by atoms with van der Waals surface area (Å²) in [6.45, 7) is 10.3. The molecule has 3 unspecified atom stereocenters. The van der Waals surface area contributed by atoms with Gasteiger partial charge in [0, 0.05) is 30.5 Å². The van der Waals surface area contributed by atoms with Crippen LogP contribution in [0.5, 0.6) is 5.88 Å². The van der Waals surface area contributed by atoms with Crippen molar-refractivity contribution < 1.29 is 64.8 Å². The molecule has 27 heteroatoms. The number of phosphoric ester groups is 1. The molecule has 66 heavy (non-hydrogen) atoms. The maximum absolute atomic E-state index is 15.2. The number of amides is 1. The van der Waals surface area contributed by atoms with E-state index in [1.807, 2.05) is 33.8 Å². The number of aromatic amines is 1. The Labute approximate surface area is 385 Å². The summed E-state index contributed by atoms with van der Waals surface area (Å²) in [4.78, 5) is 67.3. The first-order valence-electron chi connectivity index (χ1n) is 22.5. The van der Waals surface area contributed by atoms with E-state index in [0.29, 0.717) is 49.9 Å². The molecule has 3 aliphatic rings. The monoisotopic (exact) mass is 1000 g/mol. The molecule has 3 fully saturated rings. The second-order valence-corrected chi connectivity index (χ2v) is 26.3. The fraction of sp³-hybridized carbons (Fsp3) is 0.718. The van der Waals surface area contributed by atoms with E-state index in [4.69, 9.17) is 36.1 Å². The van der Waals surface area contributed by atoms with Gasteiger partial charge in [0.05, 0.1) is 38.1 Å². The molecule has 6 rings (SSSR count). The number of anilines is 1. The molecule has 0 radical (unpaired) electrons. The molecule has 1 amide bonds. The Morgan fingerprint density at radius 1 is 1.14 bits per heavy atom. The molecule has 2 aliphatic carbocycles. The van der Waals surface area contributed by atoms with Gasteiger partial charge in [-0.1, -0.05) is 67.2 Å². The summed E-state index contributed by atoms with van der Waals surface area (Å²) in [5.74, 6) is -1.52. The number of nitrogens with zero attached hydrogens (tertiary/aromatic N) is 6. The number of carbonyl (C=O) groups is 1. The Morgan fingerprint density at radius 3 is 2.47 bits per heavy atom. The van der Waals surface area contributed by atoms with Gasteiger partial charge in [-0.25, -0.2) is 19.5 Å². The predicted octanol–water partition coefficient (Wildman–Crippen LogP) is 5.13. The van der Waals surface area contributed by atoms with E-state index in [9.17, 15) is 34.2 Å². The van der Waals surface area contributed by atoms with Gasteiger partial charge < -0.3 is 37.3 Å². The van der Waals surface area contributed by atoms with Crippen molar-refractivity contribution in [3.63, 3.8) is 0 Å². The van der Waals surface area contributed by atoms with Crippen molar-refractivity contribution in [1.82, 2.24) is 29.5 Å². The number of imidazole rings is 1. The van der Waals surface area contributed by atoms with Crippen LogP contribution in [0.25, 0.3) is 11.2 Å². The number of ether oxygens (including phenoxy) is 2. The Hall–Kier alpha value is -3.32. The highest BCUT2D eigenvalue weighted by Gasteiger charge is 2.82. The smallest absolute Gasteiger partial charge is 0.474 e. The van der Waals surface area contributed by atoms with Crippen LogP contribution in [0.4, 0.5) is 5.95 Å². The molecule has 23 nitrogen and oxygen atoms in total. The van der Waals surface area contributed by atoms with Crippen molar-refractivity contribution in [3.8, 4) is 11.9 Å². The van der Waals surface area contributed by atoms with Gasteiger partial charge in [0.15, 0.2) is 17.4 Å². The van der Waals surface area contributed by atoms with E-state index >= 15 is 4.57 Å². The molecule has 5 N–H and O–H groups in total. The molecular weight excluding hydrogens is 939 g/mol. The summed E-state index contributed by atoms with van der Waals surface area (Å²) in [6, 6.07) is 5.20. The molecule has 3 aromatic rings. The average Bonchev–Trinajstić information content (AvgIpc) is 3.64. The van der Waals surface area contributed by atoms with E-state index in [0.717, 1.165) is 0 Å². The van der Waals surface area contributed by atoms with Gasteiger partial charge in [0.2, 0.25) is 17.7 Å². The molecule has 3 aromatic heterocycles. The van der Waals surface area contributed by atoms with Gasteiger partial charge in [0.25, 0.3) is 5.56 Å². The largest absolute Gasteiger partial charge is 0.475 e. The van der Waals surface area contributed by atoms with Crippen LogP contribution in [0.1, 0.15) is 92.7 Å². The summed E-state index contributed by atoms with van der Waals surface area (Å²) < 4.78 is 79.1. The number of nitrogens with one attached hydrogen (secondary N) is 2. The number of hydrogen-bond acceptors (Lipinski definition) is 19. The highest BCUT2D eigenvalue weighted by atomic mass is 31.2. The summed E-state index contributed by atoms with van der Waals surface area (Å²) in [5.41, 5.74) is -2.74. The zero-order valence-corrected chi connectivity index (χ0v) is 41.9. The van der Waals surface area contributed by atoms with Crippen LogP contribution in [0, 0.1) is 23.2 Å². The third-order valence-corrected chi connectivity index (χ3v) is 22.4. The van der Waals surface area contributed by atoms with Crippen LogP contribution >= 0.6 is 16.1 Å². The van der Waals surface area contributed by atoms with Gasteiger partial charge in [-0.2, -0.15) is 10.2 Å². The minimum absolute atomic E-state index is 0.0713. The lowest BCUT2D eigenvalue weighted by molar-refractivity contribution is -0.118. The number of nitriles is 1. The number of hydrogen-bond donors (Lipinski definition) is 5. The van der Waals surface area contributed by atoms with Gasteiger partial charge >= 0.3 is 33.2 Å². The number of carbonyl (C=O) groups excluding carboxylic acids is 1. The minimum atomic E-state index is -4.90. The van der Waals surface area contributed by atoms with Gasteiger partial charge in [-0.05, 0) is 30.6 Å². The van der Waals surface area contributed by atoms with Crippen LogP contribution in [0.3, 0.4) is 0 Å². The maximum atomic E-state index is 15.2. The summed E-state index contributed by atoms with van der Waals surface area (Å²) in [7, 11) is -15.3. The fourth-order valence-corrected chi connectivity index (χ4v) is 20.1. The van der Waals surface area contributed by atoms with Crippen LogP contribution in [-0.4, -0.2) is 117 Å². The SMILES string of the molecule is CCC[Si](O)(CCC)O[Si](CCC)(CCC)O[C@]12C(O)[C@H]1O[C@@H](n1cnc3c(=O)[nH]c(NC(=O)C(C)C)nc31)[C@@H]2OP(=O)(OCCC#N)OC[C@H]1C[C@@H](Oc2ccncn2)C[C@@H]1O[PH](=O)O. The van der Waals surface area contributed by atoms with Crippen molar-refractivity contribution in [1.29, 1.82) is 5.26 Å². The Kier molecular flexibility index (Phi) is 17.7. The Balaban J connectivity index is 1.42. The van der Waals surface area contributed by atoms with Crippen LogP contribution in [0.15, 0.2) is 29.7 Å². The van der Waals surface area contributed by atoms with E-state index in [2.05, 4.69) is 30.2 Å². The lowest BCUT2D eigenvalue weighted by atomic mass is 10.1. The normalized spacial score (nSPS) is 26.5. The van der Waals surface area contributed by atoms with E-state index in [-0.39, 0.29) is 42.3 Å². The van der Waals surface area contributed by atoms with Crippen molar-refractivity contribution >= 4 is 56.2 Å². The first kappa shape index (κ1) is 52.1.